The van der Waals surface area contributed by atoms with Crippen LogP contribution in [0.15, 0.2) is 0 Å². The first-order valence-electron chi connectivity index (χ1n) is 1.91. The zero-order valence-electron chi connectivity index (χ0n) is 3.89. The summed E-state index contributed by atoms with van der Waals surface area (Å²) >= 11 is 0. The summed E-state index contributed by atoms with van der Waals surface area (Å²) in [6, 6.07) is 0. The van der Waals surface area contributed by atoms with Crippen LogP contribution in [0.3, 0.4) is 0 Å². The average Bonchev–Trinajstić information content (AvgIpc) is 1.36. The van der Waals surface area contributed by atoms with E-state index in [1.807, 2.05) is 0 Å². The Bertz CT molecular complexity index is 24.9. The first-order valence-corrected chi connectivity index (χ1v) is 1.33. The standard InChI is InChI=1S/B5H/c1-4-5(2)3/h4H/i4D. The van der Waals surface area contributed by atoms with E-state index in [9.17, 15) is 0 Å². The summed E-state index contributed by atoms with van der Waals surface area (Å²) in [5, 5.41) is 0. The molecule has 0 nitrogen and oxygen atoms in total. The van der Waals surface area contributed by atoms with Gasteiger partial charge in [-0.05, 0) is 1.34 Å². The highest BCUT2D eigenvalue weighted by Crippen LogP contribution is 1.47. The van der Waals surface area contributed by atoms with Crippen LogP contribution in [-0.2, 0) is 0 Å². The Kier molecular flexibility index (Phi) is 1.80. The molecule has 5 heavy (non-hydrogen) atoms. The maximum Gasteiger partial charge on any atom is 0.0273 e. The van der Waals surface area contributed by atoms with Crippen LogP contribution in [0.4, 0.5) is 0 Å². The highest BCUT2D eigenvalue weighted by Gasteiger charge is 1.86. The van der Waals surface area contributed by atoms with Crippen LogP contribution < -0.4 is 0 Å². The maximum atomic E-state index is 6.56. The molecule has 0 aliphatic heterocycles. The molecule has 16 valence electrons. The quantitative estimate of drug-likeness (QED) is 0.300. The zero-order valence-corrected chi connectivity index (χ0v) is 2.89. The second-order valence-corrected chi connectivity index (χ2v) is 0.770. The van der Waals surface area contributed by atoms with Crippen molar-refractivity contribution in [1.29, 1.82) is 1.34 Å². The minimum atomic E-state index is -0.843. The van der Waals surface area contributed by atoms with Gasteiger partial charge in [-0.2, -0.15) is 0 Å². The van der Waals surface area contributed by atoms with E-state index < -0.39 is 13.4 Å². The van der Waals surface area contributed by atoms with Crippen LogP contribution in [0.25, 0.3) is 0 Å². The normalized spacial score (nSPS) is 9.20. The third-order valence-electron chi connectivity index (χ3n) is 0.222. The van der Waals surface area contributed by atoms with E-state index in [2.05, 4.69) is 0 Å². The Morgan fingerprint density at radius 3 is 2.00 bits per heavy atom. The number of hydrogen-bond donors (Lipinski definition) is 0. The molecular formula is HB5. The van der Waals surface area contributed by atoms with Crippen molar-refractivity contribution in [1.82, 2.24) is 0 Å². The lowest BCUT2D eigenvalue weighted by Crippen LogP contribution is -2.23. The minimum Gasteiger partial charge on any atom is -0.0388 e. The average molecular weight is 56.1 g/mol. The molecule has 0 spiro atoms. The molecule has 6 radical (unpaired) electrons. The van der Waals surface area contributed by atoms with Crippen molar-refractivity contribution in [3.8, 4) is 0 Å². The van der Waals surface area contributed by atoms with Crippen molar-refractivity contribution in [2.24, 2.45) is 0 Å². The van der Waals surface area contributed by atoms with Gasteiger partial charge in [-0.25, -0.2) is 0 Å². The van der Waals surface area contributed by atoms with E-state index in [4.69, 9.17) is 24.5 Å². The first-order chi connectivity index (χ1) is 2.64. The summed E-state index contributed by atoms with van der Waals surface area (Å²) in [4.78, 5) is 0. The van der Waals surface area contributed by atoms with Gasteiger partial charge in [-0.15, -0.1) is 0 Å². The molecule has 0 rings (SSSR count). The van der Waals surface area contributed by atoms with Crippen LogP contribution in [0.5, 0.6) is 0 Å². The molecule has 0 amide bonds. The molecule has 0 N–H and O–H groups in total. The highest BCUT2D eigenvalue weighted by molar-refractivity contribution is 7.60. The Hall–Kier alpha value is 0.325. The third-order valence-corrected chi connectivity index (χ3v) is 0.222. The lowest BCUT2D eigenvalue weighted by Gasteiger charge is -1.84. The summed E-state index contributed by atoms with van der Waals surface area (Å²) < 4.78 is 6.56. The van der Waals surface area contributed by atoms with E-state index in [-0.39, 0.29) is 0 Å². The topological polar surface area (TPSA) is 0 Å². The van der Waals surface area contributed by atoms with Crippen LogP contribution in [0, 0.1) is 0 Å². The molecule has 0 saturated carbocycles. The van der Waals surface area contributed by atoms with Crippen molar-refractivity contribution in [2.75, 3.05) is 0 Å². The zero-order chi connectivity index (χ0) is 5.15. The first kappa shape index (κ1) is 3.51. The molecular weight excluding hydrogens is 54.1 g/mol. The summed E-state index contributed by atoms with van der Waals surface area (Å²) in [6.45, 7) is 0. The lowest BCUT2D eigenvalue weighted by atomic mass is 8.97. The molecule has 0 fully saturated rings. The van der Waals surface area contributed by atoms with Crippen molar-refractivity contribution in [3.05, 3.63) is 0 Å². The van der Waals surface area contributed by atoms with Gasteiger partial charge in [0.05, 0.1) is 0 Å². The molecule has 0 bridgehead atoms. The summed E-state index contributed by atoms with van der Waals surface area (Å²) in [5.74, 6) is 0. The van der Waals surface area contributed by atoms with Crippen molar-refractivity contribution in [2.45, 2.75) is 0 Å². The predicted octanol–water partition coefficient (Wildman–Crippen LogP) is -2.17. The van der Waals surface area contributed by atoms with Gasteiger partial charge in [0.15, 0.2) is 0 Å². The summed E-state index contributed by atoms with van der Waals surface area (Å²) in [5.41, 5.74) is 0. The molecule has 0 aliphatic rings. The molecule has 0 aromatic carbocycles. The summed E-state index contributed by atoms with van der Waals surface area (Å²) in [6.07, 6.45) is -0.704. The van der Waals surface area contributed by atoms with Gasteiger partial charge in [-0.1, -0.05) is 0 Å². The molecule has 0 atom stereocenters. The van der Waals surface area contributed by atoms with Gasteiger partial charge in [0.25, 0.3) is 0 Å². The van der Waals surface area contributed by atoms with Gasteiger partial charge in [-0.3, -0.25) is 0 Å². The fourth-order valence-corrected chi connectivity index (χ4v) is 0. The molecule has 0 aromatic rings. The van der Waals surface area contributed by atoms with E-state index in [1.165, 1.54) is 0 Å². The van der Waals surface area contributed by atoms with Crippen LogP contribution in [0.1, 0.15) is 0 Å². The smallest absolute Gasteiger partial charge is 0.0273 e. The van der Waals surface area contributed by atoms with Gasteiger partial charge < -0.3 is 0 Å². The van der Waals surface area contributed by atoms with Gasteiger partial charge in [0.2, 0.25) is 0 Å². The van der Waals surface area contributed by atoms with Crippen LogP contribution >= 0.6 is 0 Å². The van der Waals surface area contributed by atoms with Crippen molar-refractivity contribution in [3.63, 3.8) is 0 Å². The van der Waals surface area contributed by atoms with E-state index in [0.717, 1.165) is 0 Å². The van der Waals surface area contributed by atoms with Gasteiger partial charge in [0, 0.05) is 36.6 Å². The van der Waals surface area contributed by atoms with Crippen LogP contribution in [0.2, 0.25) is 0 Å². The summed E-state index contributed by atoms with van der Waals surface area (Å²) in [7, 11) is 13.8. The maximum absolute atomic E-state index is 6.56. The van der Waals surface area contributed by atoms with Crippen molar-refractivity contribution >= 4 is 36.6 Å². The van der Waals surface area contributed by atoms with Gasteiger partial charge >= 0.3 is 0 Å². The minimum absolute atomic E-state index is 0.704. The Labute approximate surface area is 38.9 Å². The number of hydrogen-bond acceptors (Lipinski definition) is 0. The third kappa shape index (κ3) is 4.32. The second-order valence-electron chi connectivity index (χ2n) is 0.770. The molecule has 0 unspecified atom stereocenters. The van der Waals surface area contributed by atoms with Crippen LogP contribution in [-0.4, -0.2) is 38.0 Å². The molecule has 0 heterocycles. The van der Waals surface area contributed by atoms with Crippen molar-refractivity contribution < 1.29 is 0 Å². The molecule has 0 saturated heterocycles. The van der Waals surface area contributed by atoms with E-state index in [1.54, 1.807) is 0 Å². The monoisotopic (exact) mass is 57.1 g/mol. The Balaban J connectivity index is 2.99. The predicted molar refractivity (Wildman–Crippen MR) is 30.2 cm³/mol. The Morgan fingerprint density at radius 2 is 2.00 bits per heavy atom. The Morgan fingerprint density at radius 1 is 1.80 bits per heavy atom. The SMILES string of the molecule is [2H]B([B])B([B])[B]. The molecule has 0 aromatic heterocycles. The number of rotatable bonds is 1. The van der Waals surface area contributed by atoms with Gasteiger partial charge in [0.1, 0.15) is 0 Å². The second kappa shape index (κ2) is 2.56. The van der Waals surface area contributed by atoms with E-state index >= 15 is 0 Å². The lowest BCUT2D eigenvalue weighted by molar-refractivity contribution is 3.91. The largest absolute Gasteiger partial charge is 0.0388 e. The fraction of sp³-hybridized carbons (Fsp3) is 0. The fourth-order valence-electron chi connectivity index (χ4n) is 0. The molecule has 0 aliphatic carbocycles. The molecule has 5 heteroatoms. The van der Waals surface area contributed by atoms with E-state index in [0.29, 0.717) is 0 Å². The highest BCUT2D eigenvalue weighted by atomic mass is 12.7.